The summed E-state index contributed by atoms with van der Waals surface area (Å²) in [5.74, 6) is -2.19. The van der Waals surface area contributed by atoms with Crippen LogP contribution in [0.2, 0.25) is 0 Å². The van der Waals surface area contributed by atoms with Crippen molar-refractivity contribution in [3.05, 3.63) is 35.6 Å². The van der Waals surface area contributed by atoms with Crippen molar-refractivity contribution in [1.82, 2.24) is 5.32 Å². The van der Waals surface area contributed by atoms with E-state index in [1.54, 1.807) is 19.1 Å². The van der Waals surface area contributed by atoms with Gasteiger partial charge in [0.15, 0.2) is 0 Å². The SMILES string of the molecule is C[C@H](Cc1cccc(F)c1)C(=O)N[C@H](C)C(=O)O. The number of amides is 1. The number of carbonyl (C=O) groups excluding carboxylic acids is 1. The second-order valence-corrected chi connectivity index (χ2v) is 4.30. The van der Waals surface area contributed by atoms with Gasteiger partial charge in [-0.05, 0) is 31.0 Å². The van der Waals surface area contributed by atoms with Crippen molar-refractivity contribution < 1.29 is 19.1 Å². The normalized spacial score (nSPS) is 13.7. The first-order valence-electron chi connectivity index (χ1n) is 5.67. The molecule has 2 atom stereocenters. The summed E-state index contributed by atoms with van der Waals surface area (Å²) in [5, 5.41) is 11.1. The monoisotopic (exact) mass is 253 g/mol. The van der Waals surface area contributed by atoms with Gasteiger partial charge < -0.3 is 10.4 Å². The van der Waals surface area contributed by atoms with Gasteiger partial charge in [-0.1, -0.05) is 19.1 Å². The van der Waals surface area contributed by atoms with Crippen molar-refractivity contribution in [2.75, 3.05) is 0 Å². The van der Waals surface area contributed by atoms with Crippen LogP contribution in [0.5, 0.6) is 0 Å². The molecule has 2 N–H and O–H groups in total. The lowest BCUT2D eigenvalue weighted by Crippen LogP contribution is -2.41. The summed E-state index contributed by atoms with van der Waals surface area (Å²) in [6.45, 7) is 3.07. The van der Waals surface area contributed by atoms with Gasteiger partial charge >= 0.3 is 5.97 Å². The molecule has 1 amide bonds. The molecule has 0 aliphatic heterocycles. The van der Waals surface area contributed by atoms with Crippen LogP contribution in [-0.4, -0.2) is 23.0 Å². The van der Waals surface area contributed by atoms with Gasteiger partial charge in [-0.3, -0.25) is 9.59 Å². The molecule has 98 valence electrons. The van der Waals surface area contributed by atoms with E-state index in [0.29, 0.717) is 12.0 Å². The maximum atomic E-state index is 13.0. The van der Waals surface area contributed by atoms with Gasteiger partial charge in [0, 0.05) is 5.92 Å². The van der Waals surface area contributed by atoms with E-state index < -0.39 is 17.9 Å². The average Bonchev–Trinajstić information content (AvgIpc) is 2.28. The largest absolute Gasteiger partial charge is 0.480 e. The van der Waals surface area contributed by atoms with E-state index in [0.717, 1.165) is 0 Å². The third-order valence-corrected chi connectivity index (χ3v) is 2.61. The van der Waals surface area contributed by atoms with Gasteiger partial charge in [-0.2, -0.15) is 0 Å². The van der Waals surface area contributed by atoms with Gasteiger partial charge in [0.2, 0.25) is 5.91 Å². The van der Waals surface area contributed by atoms with Gasteiger partial charge in [0.1, 0.15) is 11.9 Å². The molecule has 0 heterocycles. The molecule has 18 heavy (non-hydrogen) atoms. The molecule has 0 saturated carbocycles. The highest BCUT2D eigenvalue weighted by Crippen LogP contribution is 2.10. The summed E-state index contributed by atoms with van der Waals surface area (Å²) in [5.41, 5.74) is 0.709. The summed E-state index contributed by atoms with van der Waals surface area (Å²) in [6, 6.07) is 5.08. The maximum Gasteiger partial charge on any atom is 0.325 e. The number of benzene rings is 1. The Morgan fingerprint density at radius 3 is 2.61 bits per heavy atom. The van der Waals surface area contributed by atoms with Gasteiger partial charge in [-0.25, -0.2) is 4.39 Å². The summed E-state index contributed by atoms with van der Waals surface area (Å²) < 4.78 is 13.0. The number of carboxylic acids is 1. The lowest BCUT2D eigenvalue weighted by atomic mass is 10.00. The molecule has 0 fully saturated rings. The predicted molar refractivity (Wildman–Crippen MR) is 64.5 cm³/mol. The molecule has 1 aromatic carbocycles. The first kappa shape index (κ1) is 14.2. The predicted octanol–water partition coefficient (Wildman–Crippen LogP) is 1.59. The van der Waals surface area contributed by atoms with E-state index in [1.807, 2.05) is 0 Å². The number of hydrogen-bond donors (Lipinski definition) is 2. The molecule has 4 nitrogen and oxygen atoms in total. The van der Waals surface area contributed by atoms with E-state index in [2.05, 4.69) is 5.32 Å². The number of nitrogens with one attached hydrogen (secondary N) is 1. The Hall–Kier alpha value is -1.91. The van der Waals surface area contributed by atoms with Crippen molar-refractivity contribution in [2.45, 2.75) is 26.3 Å². The van der Waals surface area contributed by atoms with Crippen LogP contribution < -0.4 is 5.32 Å². The molecule has 0 radical (unpaired) electrons. The quantitative estimate of drug-likeness (QED) is 0.837. The van der Waals surface area contributed by atoms with Crippen molar-refractivity contribution in [3.63, 3.8) is 0 Å². The first-order chi connectivity index (χ1) is 8.40. The number of carbonyl (C=O) groups is 2. The zero-order valence-corrected chi connectivity index (χ0v) is 10.3. The zero-order chi connectivity index (χ0) is 13.7. The van der Waals surface area contributed by atoms with Crippen molar-refractivity contribution >= 4 is 11.9 Å². The van der Waals surface area contributed by atoms with E-state index in [9.17, 15) is 14.0 Å². The van der Waals surface area contributed by atoms with Crippen LogP contribution in [0.3, 0.4) is 0 Å². The Balaban J connectivity index is 2.57. The topological polar surface area (TPSA) is 66.4 Å². The second-order valence-electron chi connectivity index (χ2n) is 4.30. The van der Waals surface area contributed by atoms with E-state index in [-0.39, 0.29) is 11.7 Å². The fourth-order valence-corrected chi connectivity index (χ4v) is 1.53. The molecule has 1 rings (SSSR count). The molecular formula is C13H16FNO3. The summed E-state index contributed by atoms with van der Waals surface area (Å²) in [6.07, 6.45) is 0.371. The lowest BCUT2D eigenvalue weighted by Gasteiger charge is -2.14. The summed E-state index contributed by atoms with van der Waals surface area (Å²) in [7, 11) is 0. The molecule has 0 aliphatic rings. The highest BCUT2D eigenvalue weighted by atomic mass is 19.1. The number of carboxylic acid groups (broad SMARTS) is 1. The molecule has 1 aromatic rings. The standard InChI is InChI=1S/C13H16FNO3/c1-8(12(16)15-9(2)13(17)18)6-10-4-3-5-11(14)7-10/h3-5,7-9H,6H2,1-2H3,(H,15,16)(H,17,18)/t8-,9-/m1/s1. The van der Waals surface area contributed by atoms with Crippen molar-refractivity contribution in [2.24, 2.45) is 5.92 Å². The average molecular weight is 253 g/mol. The first-order valence-corrected chi connectivity index (χ1v) is 5.67. The van der Waals surface area contributed by atoms with E-state index in [1.165, 1.54) is 19.1 Å². The minimum Gasteiger partial charge on any atom is -0.480 e. The van der Waals surface area contributed by atoms with Gasteiger partial charge in [-0.15, -0.1) is 0 Å². The Labute approximate surface area is 105 Å². The highest BCUT2D eigenvalue weighted by Gasteiger charge is 2.19. The maximum absolute atomic E-state index is 13.0. The summed E-state index contributed by atoms with van der Waals surface area (Å²) >= 11 is 0. The van der Waals surface area contributed by atoms with Crippen LogP contribution in [0.4, 0.5) is 4.39 Å². The Morgan fingerprint density at radius 1 is 1.39 bits per heavy atom. The van der Waals surface area contributed by atoms with Crippen LogP contribution >= 0.6 is 0 Å². The number of rotatable bonds is 5. The van der Waals surface area contributed by atoms with Crippen LogP contribution in [-0.2, 0) is 16.0 Å². The molecule has 5 heteroatoms. The zero-order valence-electron chi connectivity index (χ0n) is 10.3. The molecule has 0 aromatic heterocycles. The number of halogens is 1. The minimum absolute atomic E-state index is 0.348. The van der Waals surface area contributed by atoms with Crippen LogP contribution in [0.15, 0.2) is 24.3 Å². The Bertz CT molecular complexity index is 448. The minimum atomic E-state index is -1.08. The highest BCUT2D eigenvalue weighted by molar-refractivity contribution is 5.84. The second kappa shape index (κ2) is 6.14. The number of hydrogen-bond acceptors (Lipinski definition) is 2. The van der Waals surface area contributed by atoms with Gasteiger partial charge in [0.05, 0.1) is 0 Å². The third-order valence-electron chi connectivity index (χ3n) is 2.61. The van der Waals surface area contributed by atoms with E-state index in [4.69, 9.17) is 5.11 Å². The fourth-order valence-electron chi connectivity index (χ4n) is 1.53. The Kier molecular flexibility index (Phi) is 4.83. The molecule has 0 saturated heterocycles. The fraction of sp³-hybridized carbons (Fsp3) is 0.385. The van der Waals surface area contributed by atoms with Crippen molar-refractivity contribution in [3.8, 4) is 0 Å². The van der Waals surface area contributed by atoms with E-state index >= 15 is 0 Å². The molecule has 0 unspecified atom stereocenters. The van der Waals surface area contributed by atoms with Crippen LogP contribution in [0, 0.1) is 11.7 Å². The smallest absolute Gasteiger partial charge is 0.325 e. The van der Waals surface area contributed by atoms with Crippen molar-refractivity contribution in [1.29, 1.82) is 0 Å². The third kappa shape index (κ3) is 4.16. The summed E-state index contributed by atoms with van der Waals surface area (Å²) in [4.78, 5) is 22.3. The number of aliphatic carboxylic acids is 1. The molecule has 0 aliphatic carbocycles. The molecule has 0 spiro atoms. The van der Waals surface area contributed by atoms with Gasteiger partial charge in [0.25, 0.3) is 0 Å². The lowest BCUT2D eigenvalue weighted by molar-refractivity contribution is -0.141. The van der Waals surface area contributed by atoms with Crippen LogP contribution in [0.1, 0.15) is 19.4 Å². The molecule has 0 bridgehead atoms. The Morgan fingerprint density at radius 2 is 2.06 bits per heavy atom. The molecular weight excluding hydrogens is 237 g/mol. The van der Waals surface area contributed by atoms with Crippen LogP contribution in [0.25, 0.3) is 0 Å².